The Kier molecular flexibility index (Phi) is 4.83. The lowest BCUT2D eigenvalue weighted by atomic mass is 9.76. The summed E-state index contributed by atoms with van der Waals surface area (Å²) < 4.78 is 5.85. The molecule has 0 spiro atoms. The lowest BCUT2D eigenvalue weighted by Crippen LogP contribution is -2.52. The Balaban J connectivity index is 1.81. The van der Waals surface area contributed by atoms with Gasteiger partial charge in [-0.3, -0.25) is 0 Å². The molecule has 2 atom stereocenters. The van der Waals surface area contributed by atoms with E-state index in [9.17, 15) is 0 Å². The van der Waals surface area contributed by atoms with Crippen molar-refractivity contribution in [2.45, 2.75) is 51.2 Å². The zero-order valence-electron chi connectivity index (χ0n) is 11.4. The van der Waals surface area contributed by atoms with E-state index in [1.165, 1.54) is 32.1 Å². The molecule has 0 bridgehead atoms. The van der Waals surface area contributed by atoms with E-state index in [0.29, 0.717) is 5.92 Å². The SMILES string of the molecule is CCC1CCC(C(N)C2CN(C)CCO2)CC1. The monoisotopic (exact) mass is 240 g/mol. The van der Waals surface area contributed by atoms with E-state index in [2.05, 4.69) is 18.9 Å². The number of nitrogens with two attached hydrogens (primary N) is 1. The second kappa shape index (κ2) is 6.17. The first-order valence-electron chi connectivity index (χ1n) is 7.26. The van der Waals surface area contributed by atoms with E-state index in [1.807, 2.05) is 0 Å². The third-order valence-electron chi connectivity index (χ3n) is 4.74. The first kappa shape index (κ1) is 13.3. The van der Waals surface area contributed by atoms with E-state index in [-0.39, 0.29) is 12.1 Å². The second-order valence-corrected chi connectivity index (χ2v) is 5.94. The summed E-state index contributed by atoms with van der Waals surface area (Å²) in [6, 6.07) is 0.246. The van der Waals surface area contributed by atoms with Crippen LogP contribution in [-0.2, 0) is 4.74 Å². The van der Waals surface area contributed by atoms with Crippen LogP contribution in [0.4, 0.5) is 0 Å². The molecule has 0 amide bonds. The van der Waals surface area contributed by atoms with Crippen LogP contribution in [0.2, 0.25) is 0 Å². The van der Waals surface area contributed by atoms with E-state index >= 15 is 0 Å². The summed E-state index contributed by atoms with van der Waals surface area (Å²) in [6.45, 7) is 5.21. The molecule has 3 nitrogen and oxygen atoms in total. The Hall–Kier alpha value is -0.120. The van der Waals surface area contributed by atoms with E-state index in [4.69, 9.17) is 10.5 Å². The van der Waals surface area contributed by atoms with Crippen molar-refractivity contribution in [3.63, 3.8) is 0 Å². The highest BCUT2D eigenvalue weighted by molar-refractivity contribution is 4.87. The van der Waals surface area contributed by atoms with Gasteiger partial charge in [0.1, 0.15) is 0 Å². The Bertz CT molecular complexity index is 226. The summed E-state index contributed by atoms with van der Waals surface area (Å²) in [5.41, 5.74) is 6.42. The highest BCUT2D eigenvalue weighted by atomic mass is 16.5. The van der Waals surface area contributed by atoms with Crippen LogP contribution in [0.3, 0.4) is 0 Å². The summed E-state index contributed by atoms with van der Waals surface area (Å²) in [5, 5.41) is 0. The molecule has 1 aliphatic heterocycles. The van der Waals surface area contributed by atoms with Crippen LogP contribution in [0.25, 0.3) is 0 Å². The molecule has 2 aliphatic rings. The Labute approximate surface area is 106 Å². The number of hydrogen-bond acceptors (Lipinski definition) is 3. The molecule has 2 N–H and O–H groups in total. The predicted octanol–water partition coefficient (Wildman–Crippen LogP) is 1.86. The minimum absolute atomic E-state index is 0.246. The third-order valence-corrected chi connectivity index (χ3v) is 4.74. The van der Waals surface area contributed by atoms with Gasteiger partial charge in [0.05, 0.1) is 12.7 Å². The van der Waals surface area contributed by atoms with E-state index in [0.717, 1.165) is 25.6 Å². The summed E-state index contributed by atoms with van der Waals surface area (Å²) in [6.07, 6.45) is 6.96. The average Bonchev–Trinajstić information content (AvgIpc) is 2.38. The molecule has 2 fully saturated rings. The molecular formula is C14H28N2O. The zero-order chi connectivity index (χ0) is 12.3. The molecule has 2 unspecified atom stereocenters. The zero-order valence-corrected chi connectivity index (χ0v) is 11.4. The Morgan fingerprint density at radius 3 is 2.59 bits per heavy atom. The molecule has 17 heavy (non-hydrogen) atoms. The fourth-order valence-corrected chi connectivity index (χ4v) is 3.33. The molecule has 100 valence electrons. The maximum atomic E-state index is 6.42. The highest BCUT2D eigenvalue weighted by Crippen LogP contribution is 2.33. The molecule has 0 aromatic heterocycles. The van der Waals surface area contributed by atoms with Gasteiger partial charge in [0.15, 0.2) is 0 Å². The van der Waals surface area contributed by atoms with Gasteiger partial charge in [-0.15, -0.1) is 0 Å². The van der Waals surface area contributed by atoms with Crippen molar-refractivity contribution in [2.75, 3.05) is 26.7 Å². The van der Waals surface area contributed by atoms with Crippen LogP contribution in [0.1, 0.15) is 39.0 Å². The van der Waals surface area contributed by atoms with Crippen molar-refractivity contribution >= 4 is 0 Å². The normalized spacial score (nSPS) is 37.9. The van der Waals surface area contributed by atoms with Gasteiger partial charge in [-0.25, -0.2) is 0 Å². The van der Waals surface area contributed by atoms with Gasteiger partial charge in [0, 0.05) is 19.1 Å². The van der Waals surface area contributed by atoms with Gasteiger partial charge in [-0.1, -0.05) is 26.2 Å². The van der Waals surface area contributed by atoms with E-state index in [1.54, 1.807) is 0 Å². The molecule has 3 heteroatoms. The lowest BCUT2D eigenvalue weighted by molar-refractivity contribution is -0.0455. The fraction of sp³-hybridized carbons (Fsp3) is 1.00. The molecule has 0 aromatic carbocycles. The van der Waals surface area contributed by atoms with Gasteiger partial charge in [-0.2, -0.15) is 0 Å². The number of hydrogen-bond donors (Lipinski definition) is 1. The van der Waals surface area contributed by atoms with Crippen LogP contribution in [0.15, 0.2) is 0 Å². The predicted molar refractivity (Wildman–Crippen MR) is 71.0 cm³/mol. The first-order valence-corrected chi connectivity index (χ1v) is 7.26. The number of morpholine rings is 1. The van der Waals surface area contributed by atoms with Gasteiger partial charge in [-0.05, 0) is 31.7 Å². The van der Waals surface area contributed by atoms with Gasteiger partial charge >= 0.3 is 0 Å². The molecule has 1 heterocycles. The fourth-order valence-electron chi connectivity index (χ4n) is 3.33. The first-order chi connectivity index (χ1) is 8.20. The van der Waals surface area contributed by atoms with Crippen LogP contribution < -0.4 is 5.73 Å². The number of rotatable bonds is 3. The summed E-state index contributed by atoms with van der Waals surface area (Å²) in [5.74, 6) is 1.64. The summed E-state index contributed by atoms with van der Waals surface area (Å²) >= 11 is 0. The molecule has 1 saturated heterocycles. The number of nitrogens with zero attached hydrogens (tertiary/aromatic N) is 1. The Morgan fingerprint density at radius 2 is 2.00 bits per heavy atom. The standard InChI is InChI=1S/C14H28N2O/c1-3-11-4-6-12(7-5-11)14(15)13-10-16(2)8-9-17-13/h11-14H,3-10,15H2,1-2H3. The highest BCUT2D eigenvalue weighted by Gasteiger charge is 2.32. The quantitative estimate of drug-likeness (QED) is 0.818. The molecule has 1 saturated carbocycles. The number of likely N-dealkylation sites (N-methyl/N-ethyl adjacent to an activating group) is 1. The maximum absolute atomic E-state index is 6.42. The molecule has 2 rings (SSSR count). The molecular weight excluding hydrogens is 212 g/mol. The smallest absolute Gasteiger partial charge is 0.0855 e. The topological polar surface area (TPSA) is 38.5 Å². The van der Waals surface area contributed by atoms with Crippen molar-refractivity contribution in [2.24, 2.45) is 17.6 Å². The summed E-state index contributed by atoms with van der Waals surface area (Å²) in [7, 11) is 2.16. The lowest BCUT2D eigenvalue weighted by Gasteiger charge is -2.39. The summed E-state index contributed by atoms with van der Waals surface area (Å²) in [4.78, 5) is 2.34. The van der Waals surface area contributed by atoms with Crippen molar-refractivity contribution in [3.05, 3.63) is 0 Å². The minimum atomic E-state index is 0.246. The van der Waals surface area contributed by atoms with Crippen LogP contribution in [-0.4, -0.2) is 43.8 Å². The Morgan fingerprint density at radius 1 is 1.29 bits per heavy atom. The molecule has 0 aromatic rings. The van der Waals surface area contributed by atoms with Gasteiger partial charge < -0.3 is 15.4 Å². The molecule has 0 radical (unpaired) electrons. The van der Waals surface area contributed by atoms with Crippen molar-refractivity contribution < 1.29 is 4.74 Å². The maximum Gasteiger partial charge on any atom is 0.0855 e. The third kappa shape index (κ3) is 3.43. The van der Waals surface area contributed by atoms with Crippen molar-refractivity contribution in [3.8, 4) is 0 Å². The van der Waals surface area contributed by atoms with Crippen LogP contribution >= 0.6 is 0 Å². The van der Waals surface area contributed by atoms with Crippen LogP contribution in [0.5, 0.6) is 0 Å². The molecule has 1 aliphatic carbocycles. The minimum Gasteiger partial charge on any atom is -0.374 e. The van der Waals surface area contributed by atoms with Gasteiger partial charge in [0.25, 0.3) is 0 Å². The average molecular weight is 240 g/mol. The van der Waals surface area contributed by atoms with Crippen molar-refractivity contribution in [1.29, 1.82) is 0 Å². The van der Waals surface area contributed by atoms with Gasteiger partial charge in [0.2, 0.25) is 0 Å². The largest absolute Gasteiger partial charge is 0.374 e. The second-order valence-electron chi connectivity index (χ2n) is 5.94. The van der Waals surface area contributed by atoms with E-state index < -0.39 is 0 Å². The van der Waals surface area contributed by atoms with Crippen LogP contribution in [0, 0.1) is 11.8 Å². The van der Waals surface area contributed by atoms with Crippen molar-refractivity contribution in [1.82, 2.24) is 4.90 Å². The number of ether oxygens (including phenoxy) is 1.